The fourth-order valence-electron chi connectivity index (χ4n) is 2.77. The molecule has 0 amide bonds. The van der Waals surface area contributed by atoms with Crippen molar-refractivity contribution in [2.24, 2.45) is 0 Å². The van der Waals surface area contributed by atoms with Crippen LogP contribution in [0.2, 0.25) is 0 Å². The number of allylic oxidation sites excluding steroid dienone is 5. The van der Waals surface area contributed by atoms with Crippen molar-refractivity contribution >= 4 is 5.97 Å². The standard InChI is InChI=1S/C22H34O6/c1-2-17(23)14-15-20-19(25)16-21(28-20)18(24)12-10-8-6-4-3-5-7-9-11-13-22(26)27/h3-4,7-10,14-15,17-21,23-25H,2,5-6,11-13,16H2,1H3,(H,26,27)/b4-3-,9-7-,10-8-,15-14+/t17-,18-,19+,20+,21+/m0/s1. The van der Waals surface area contributed by atoms with E-state index in [4.69, 9.17) is 9.84 Å². The monoisotopic (exact) mass is 394 g/mol. The van der Waals surface area contributed by atoms with Crippen LogP contribution in [-0.2, 0) is 9.53 Å². The van der Waals surface area contributed by atoms with E-state index in [1.165, 1.54) is 0 Å². The Morgan fingerprint density at radius 1 is 1.11 bits per heavy atom. The summed E-state index contributed by atoms with van der Waals surface area (Å²) in [6, 6.07) is 0. The van der Waals surface area contributed by atoms with Gasteiger partial charge < -0.3 is 25.2 Å². The van der Waals surface area contributed by atoms with Gasteiger partial charge in [0.05, 0.1) is 24.4 Å². The molecule has 0 aromatic rings. The van der Waals surface area contributed by atoms with E-state index >= 15 is 0 Å². The van der Waals surface area contributed by atoms with Crippen LogP contribution in [0, 0.1) is 0 Å². The van der Waals surface area contributed by atoms with E-state index in [2.05, 4.69) is 0 Å². The summed E-state index contributed by atoms with van der Waals surface area (Å²) in [4.78, 5) is 10.4. The number of ether oxygens (including phenoxy) is 1. The number of carboxylic acids is 1. The maximum absolute atomic E-state index is 10.4. The molecule has 0 bridgehead atoms. The van der Waals surface area contributed by atoms with Crippen LogP contribution in [0.15, 0.2) is 48.6 Å². The number of carbonyl (C=O) groups is 1. The van der Waals surface area contributed by atoms with Gasteiger partial charge in [-0.05, 0) is 32.1 Å². The molecule has 0 aromatic carbocycles. The van der Waals surface area contributed by atoms with Crippen LogP contribution in [0.1, 0.15) is 51.9 Å². The second kappa shape index (κ2) is 14.3. The van der Waals surface area contributed by atoms with Crippen molar-refractivity contribution in [2.45, 2.75) is 82.4 Å². The summed E-state index contributed by atoms with van der Waals surface area (Å²) in [7, 11) is 0. The number of carboxylic acid groups (broad SMARTS) is 1. The molecule has 0 unspecified atom stereocenters. The molecular weight excluding hydrogens is 360 g/mol. The Labute approximate surface area is 167 Å². The Balaban J connectivity index is 2.22. The van der Waals surface area contributed by atoms with Gasteiger partial charge in [-0.1, -0.05) is 55.5 Å². The maximum Gasteiger partial charge on any atom is 0.303 e. The number of rotatable bonds is 13. The molecule has 4 N–H and O–H groups in total. The van der Waals surface area contributed by atoms with E-state index in [0.29, 0.717) is 25.7 Å². The number of hydrogen-bond donors (Lipinski definition) is 4. The zero-order chi connectivity index (χ0) is 20.8. The van der Waals surface area contributed by atoms with E-state index in [0.717, 1.165) is 12.8 Å². The molecule has 1 rings (SSSR count). The van der Waals surface area contributed by atoms with Crippen LogP contribution in [0.3, 0.4) is 0 Å². The van der Waals surface area contributed by atoms with Gasteiger partial charge in [-0.25, -0.2) is 0 Å². The molecule has 28 heavy (non-hydrogen) atoms. The first-order valence-electron chi connectivity index (χ1n) is 9.98. The van der Waals surface area contributed by atoms with Gasteiger partial charge in [-0.3, -0.25) is 4.79 Å². The average Bonchev–Trinajstić information content (AvgIpc) is 3.04. The molecule has 1 heterocycles. The number of aliphatic hydroxyl groups excluding tert-OH is 3. The maximum atomic E-state index is 10.4. The van der Waals surface area contributed by atoms with Gasteiger partial charge in [0, 0.05) is 12.8 Å². The summed E-state index contributed by atoms with van der Waals surface area (Å²) in [6.07, 6.45) is 15.9. The summed E-state index contributed by atoms with van der Waals surface area (Å²) in [5, 5.41) is 38.3. The van der Waals surface area contributed by atoms with Gasteiger partial charge in [0.25, 0.3) is 0 Å². The van der Waals surface area contributed by atoms with Gasteiger partial charge >= 0.3 is 5.97 Å². The predicted octanol–water partition coefficient (Wildman–Crippen LogP) is 2.90. The van der Waals surface area contributed by atoms with Crippen molar-refractivity contribution in [3.05, 3.63) is 48.6 Å². The normalized spacial score (nSPS) is 25.5. The fraction of sp³-hybridized carbons (Fsp3) is 0.591. The molecule has 5 atom stereocenters. The first-order chi connectivity index (χ1) is 13.4. The number of aliphatic carboxylic acids is 1. The minimum Gasteiger partial charge on any atom is -0.481 e. The topological polar surface area (TPSA) is 107 Å². The smallest absolute Gasteiger partial charge is 0.303 e. The largest absolute Gasteiger partial charge is 0.481 e. The minimum absolute atomic E-state index is 0.157. The zero-order valence-corrected chi connectivity index (χ0v) is 16.6. The first-order valence-corrected chi connectivity index (χ1v) is 9.98. The predicted molar refractivity (Wildman–Crippen MR) is 109 cm³/mol. The van der Waals surface area contributed by atoms with Crippen molar-refractivity contribution in [3.8, 4) is 0 Å². The van der Waals surface area contributed by atoms with Crippen LogP contribution >= 0.6 is 0 Å². The van der Waals surface area contributed by atoms with Crippen LogP contribution in [0.4, 0.5) is 0 Å². The van der Waals surface area contributed by atoms with E-state index in [1.54, 1.807) is 12.2 Å². The third-order valence-electron chi connectivity index (χ3n) is 4.50. The molecule has 0 radical (unpaired) electrons. The lowest BCUT2D eigenvalue weighted by Crippen LogP contribution is -2.25. The van der Waals surface area contributed by atoms with Crippen molar-refractivity contribution in [3.63, 3.8) is 0 Å². The fourth-order valence-corrected chi connectivity index (χ4v) is 2.77. The molecule has 1 aliphatic rings. The lowest BCUT2D eigenvalue weighted by molar-refractivity contribution is -0.136. The first kappa shape index (κ1) is 24.3. The Hall–Kier alpha value is -1.73. The van der Waals surface area contributed by atoms with Crippen molar-refractivity contribution < 1.29 is 30.0 Å². The number of hydrogen-bond acceptors (Lipinski definition) is 5. The Bertz CT molecular complexity index is 551. The van der Waals surface area contributed by atoms with Crippen LogP contribution in [0.25, 0.3) is 0 Å². The average molecular weight is 395 g/mol. The summed E-state index contributed by atoms with van der Waals surface area (Å²) in [5.41, 5.74) is 0. The van der Waals surface area contributed by atoms with Crippen LogP contribution in [-0.4, -0.2) is 56.9 Å². The van der Waals surface area contributed by atoms with Gasteiger partial charge in [0.2, 0.25) is 0 Å². The SMILES string of the molecule is CC[C@H](O)/C=C/[C@H]1O[C@@H]([C@@H](O)C/C=C\C/C=C\C/C=C\CCC(=O)O)C[C@H]1O. The van der Waals surface area contributed by atoms with E-state index < -0.39 is 36.5 Å². The lowest BCUT2D eigenvalue weighted by Gasteiger charge is -2.16. The van der Waals surface area contributed by atoms with E-state index in [1.807, 2.05) is 43.4 Å². The highest BCUT2D eigenvalue weighted by molar-refractivity contribution is 5.66. The molecule has 0 aliphatic carbocycles. The second-order valence-electron chi connectivity index (χ2n) is 6.92. The molecule has 0 spiro atoms. The summed E-state index contributed by atoms with van der Waals surface area (Å²) < 4.78 is 5.70. The Kier molecular flexibility index (Phi) is 12.4. The minimum atomic E-state index is -0.785. The second-order valence-corrected chi connectivity index (χ2v) is 6.92. The van der Waals surface area contributed by atoms with E-state index in [-0.39, 0.29) is 6.42 Å². The Morgan fingerprint density at radius 2 is 1.75 bits per heavy atom. The molecule has 158 valence electrons. The van der Waals surface area contributed by atoms with E-state index in [9.17, 15) is 20.1 Å². The summed E-state index contributed by atoms with van der Waals surface area (Å²) >= 11 is 0. The molecule has 1 saturated heterocycles. The van der Waals surface area contributed by atoms with Crippen molar-refractivity contribution in [1.82, 2.24) is 0 Å². The quantitative estimate of drug-likeness (QED) is 0.358. The van der Waals surface area contributed by atoms with Gasteiger partial charge in [-0.2, -0.15) is 0 Å². The molecule has 1 aliphatic heterocycles. The van der Waals surface area contributed by atoms with Crippen LogP contribution in [0.5, 0.6) is 0 Å². The van der Waals surface area contributed by atoms with Gasteiger partial charge in [0.1, 0.15) is 6.10 Å². The third-order valence-corrected chi connectivity index (χ3v) is 4.50. The highest BCUT2D eigenvalue weighted by Gasteiger charge is 2.35. The summed E-state index contributed by atoms with van der Waals surface area (Å²) in [5.74, 6) is -0.785. The zero-order valence-electron chi connectivity index (χ0n) is 16.6. The highest BCUT2D eigenvalue weighted by Crippen LogP contribution is 2.25. The third kappa shape index (κ3) is 10.6. The van der Waals surface area contributed by atoms with Crippen LogP contribution < -0.4 is 0 Å². The lowest BCUT2D eigenvalue weighted by atomic mass is 10.0. The molecule has 6 heteroatoms. The highest BCUT2D eigenvalue weighted by atomic mass is 16.5. The van der Waals surface area contributed by atoms with Crippen molar-refractivity contribution in [1.29, 1.82) is 0 Å². The molecule has 0 aromatic heterocycles. The molecule has 6 nitrogen and oxygen atoms in total. The van der Waals surface area contributed by atoms with Gasteiger partial charge in [0.15, 0.2) is 0 Å². The Morgan fingerprint density at radius 3 is 2.39 bits per heavy atom. The van der Waals surface area contributed by atoms with Gasteiger partial charge in [-0.15, -0.1) is 0 Å². The molecule has 0 saturated carbocycles. The summed E-state index contributed by atoms with van der Waals surface area (Å²) in [6.45, 7) is 1.87. The molecular formula is C22H34O6. The molecule has 1 fully saturated rings. The number of aliphatic hydroxyl groups is 3. The van der Waals surface area contributed by atoms with Crippen molar-refractivity contribution in [2.75, 3.05) is 0 Å².